The molecule has 1 atom stereocenters. The molecule has 1 aromatic rings. The van der Waals surface area contributed by atoms with Gasteiger partial charge in [-0.1, -0.05) is 19.9 Å². The molecule has 1 aromatic carbocycles. The molecule has 0 spiro atoms. The predicted molar refractivity (Wildman–Crippen MR) is 85.3 cm³/mol. The average molecular weight is 331 g/mol. The Bertz CT molecular complexity index is 365. The molecule has 1 rings (SSSR count). The quantitative estimate of drug-likeness (QED) is 0.768. The van der Waals surface area contributed by atoms with E-state index >= 15 is 0 Å². The van der Waals surface area contributed by atoms with Crippen LogP contribution in [0.5, 0.6) is 0 Å². The second-order valence-electron chi connectivity index (χ2n) is 4.35. The van der Waals surface area contributed by atoms with Gasteiger partial charge in [0.1, 0.15) is 0 Å². The molecule has 0 fully saturated rings. The third-order valence-corrected chi connectivity index (χ3v) is 5.01. The SMILES string of the molecule is CCN(CC)CCSc1ccc([C@@H](C)N)cc1Br. The summed E-state index contributed by atoms with van der Waals surface area (Å²) in [6, 6.07) is 6.51. The Balaban J connectivity index is 2.53. The smallest absolute Gasteiger partial charge is 0.0314 e. The lowest BCUT2D eigenvalue weighted by Gasteiger charge is -2.17. The van der Waals surface area contributed by atoms with Crippen molar-refractivity contribution in [3.05, 3.63) is 28.2 Å². The molecule has 0 aliphatic heterocycles. The third kappa shape index (κ3) is 4.92. The van der Waals surface area contributed by atoms with Crippen molar-refractivity contribution in [3.8, 4) is 0 Å². The van der Waals surface area contributed by atoms with Gasteiger partial charge in [0.25, 0.3) is 0 Å². The molecular weight excluding hydrogens is 308 g/mol. The van der Waals surface area contributed by atoms with E-state index in [1.807, 2.05) is 18.7 Å². The molecule has 4 heteroatoms. The molecule has 0 saturated carbocycles. The Morgan fingerprint density at radius 3 is 2.50 bits per heavy atom. The molecule has 2 nitrogen and oxygen atoms in total. The van der Waals surface area contributed by atoms with Gasteiger partial charge in [-0.2, -0.15) is 0 Å². The van der Waals surface area contributed by atoms with Crippen LogP contribution in [-0.2, 0) is 0 Å². The van der Waals surface area contributed by atoms with Crippen LogP contribution < -0.4 is 5.73 Å². The van der Waals surface area contributed by atoms with E-state index in [2.05, 4.69) is 52.9 Å². The standard InChI is InChI=1S/C14H23BrN2S/c1-4-17(5-2)8-9-18-14-7-6-12(11(3)16)10-13(14)15/h6-7,10-11H,4-5,8-9,16H2,1-3H3/t11-/m1/s1. The highest BCUT2D eigenvalue weighted by atomic mass is 79.9. The molecule has 2 N–H and O–H groups in total. The normalized spacial score (nSPS) is 13.0. The lowest BCUT2D eigenvalue weighted by molar-refractivity contribution is 0.324. The third-order valence-electron chi connectivity index (χ3n) is 3.04. The molecule has 18 heavy (non-hydrogen) atoms. The first kappa shape index (κ1) is 16.0. The zero-order chi connectivity index (χ0) is 13.5. The minimum absolute atomic E-state index is 0.0935. The van der Waals surface area contributed by atoms with Gasteiger partial charge in [0.15, 0.2) is 0 Å². The first-order valence-corrected chi connectivity index (χ1v) is 8.26. The zero-order valence-electron chi connectivity index (χ0n) is 11.4. The molecule has 102 valence electrons. The summed E-state index contributed by atoms with van der Waals surface area (Å²) in [5.41, 5.74) is 7.05. The molecule has 0 aliphatic rings. The van der Waals surface area contributed by atoms with E-state index in [9.17, 15) is 0 Å². The van der Waals surface area contributed by atoms with E-state index in [1.54, 1.807) is 0 Å². The average Bonchev–Trinajstić information content (AvgIpc) is 2.36. The van der Waals surface area contributed by atoms with Crippen LogP contribution >= 0.6 is 27.7 Å². The summed E-state index contributed by atoms with van der Waals surface area (Å²) in [5, 5.41) is 0. The first-order chi connectivity index (χ1) is 8.58. The fourth-order valence-corrected chi connectivity index (χ4v) is 3.41. The van der Waals surface area contributed by atoms with E-state index in [0.717, 1.165) is 29.9 Å². The van der Waals surface area contributed by atoms with Crippen LogP contribution in [0.2, 0.25) is 0 Å². The van der Waals surface area contributed by atoms with E-state index in [0.29, 0.717) is 0 Å². The molecule has 0 aromatic heterocycles. The number of hydrogen-bond acceptors (Lipinski definition) is 3. The number of benzene rings is 1. The fourth-order valence-electron chi connectivity index (χ4n) is 1.74. The fraction of sp³-hybridized carbons (Fsp3) is 0.571. The highest BCUT2D eigenvalue weighted by Gasteiger charge is 2.06. The highest BCUT2D eigenvalue weighted by molar-refractivity contribution is 9.10. The van der Waals surface area contributed by atoms with Crippen molar-refractivity contribution in [1.82, 2.24) is 4.90 Å². The summed E-state index contributed by atoms with van der Waals surface area (Å²) >= 11 is 5.52. The van der Waals surface area contributed by atoms with E-state index < -0.39 is 0 Å². The van der Waals surface area contributed by atoms with Crippen molar-refractivity contribution in [2.24, 2.45) is 5.73 Å². The van der Waals surface area contributed by atoms with Gasteiger partial charge in [-0.3, -0.25) is 0 Å². The Morgan fingerprint density at radius 1 is 1.33 bits per heavy atom. The molecular formula is C14H23BrN2S. The summed E-state index contributed by atoms with van der Waals surface area (Å²) < 4.78 is 1.15. The zero-order valence-corrected chi connectivity index (χ0v) is 13.9. The summed E-state index contributed by atoms with van der Waals surface area (Å²) in [4.78, 5) is 3.74. The highest BCUT2D eigenvalue weighted by Crippen LogP contribution is 2.29. The molecule has 0 unspecified atom stereocenters. The van der Waals surface area contributed by atoms with Crippen LogP contribution in [0, 0.1) is 0 Å². The molecule has 0 aliphatic carbocycles. The van der Waals surface area contributed by atoms with Gasteiger partial charge in [-0.15, -0.1) is 11.8 Å². The van der Waals surface area contributed by atoms with E-state index in [-0.39, 0.29) is 6.04 Å². The molecule has 0 amide bonds. The van der Waals surface area contributed by atoms with E-state index in [1.165, 1.54) is 10.5 Å². The second kappa shape index (κ2) is 8.20. The number of nitrogens with two attached hydrogens (primary N) is 1. The lowest BCUT2D eigenvalue weighted by atomic mass is 10.1. The van der Waals surface area contributed by atoms with Crippen molar-refractivity contribution >= 4 is 27.7 Å². The van der Waals surface area contributed by atoms with Gasteiger partial charge in [0.2, 0.25) is 0 Å². The minimum Gasteiger partial charge on any atom is -0.324 e. The van der Waals surface area contributed by atoms with Crippen LogP contribution in [0.25, 0.3) is 0 Å². The van der Waals surface area contributed by atoms with Crippen LogP contribution in [-0.4, -0.2) is 30.3 Å². The Morgan fingerprint density at radius 2 is 2.00 bits per heavy atom. The van der Waals surface area contributed by atoms with Gasteiger partial charge < -0.3 is 10.6 Å². The molecule has 0 radical (unpaired) electrons. The van der Waals surface area contributed by atoms with Crippen LogP contribution in [0.1, 0.15) is 32.4 Å². The van der Waals surface area contributed by atoms with Crippen molar-refractivity contribution in [3.63, 3.8) is 0 Å². The van der Waals surface area contributed by atoms with Crippen molar-refractivity contribution in [2.45, 2.75) is 31.7 Å². The van der Waals surface area contributed by atoms with Gasteiger partial charge in [0, 0.05) is 27.7 Å². The van der Waals surface area contributed by atoms with Gasteiger partial charge in [0.05, 0.1) is 0 Å². The maximum Gasteiger partial charge on any atom is 0.0314 e. The predicted octanol–water partition coefficient (Wildman–Crippen LogP) is 3.90. The maximum absolute atomic E-state index is 5.87. The number of hydrogen-bond donors (Lipinski definition) is 1. The van der Waals surface area contributed by atoms with E-state index in [4.69, 9.17) is 5.73 Å². The summed E-state index contributed by atoms with van der Waals surface area (Å²) in [6.07, 6.45) is 0. The number of halogens is 1. The van der Waals surface area contributed by atoms with Crippen molar-refractivity contribution < 1.29 is 0 Å². The molecule has 0 bridgehead atoms. The minimum atomic E-state index is 0.0935. The summed E-state index contributed by atoms with van der Waals surface area (Å²) in [5.74, 6) is 1.12. The van der Waals surface area contributed by atoms with Gasteiger partial charge >= 0.3 is 0 Å². The van der Waals surface area contributed by atoms with Crippen LogP contribution in [0.15, 0.2) is 27.6 Å². The number of thioether (sulfide) groups is 1. The maximum atomic E-state index is 5.87. The molecule has 0 saturated heterocycles. The van der Waals surface area contributed by atoms with Gasteiger partial charge in [-0.25, -0.2) is 0 Å². The van der Waals surface area contributed by atoms with Crippen molar-refractivity contribution in [2.75, 3.05) is 25.4 Å². The monoisotopic (exact) mass is 330 g/mol. The topological polar surface area (TPSA) is 29.3 Å². The van der Waals surface area contributed by atoms with Crippen LogP contribution in [0.3, 0.4) is 0 Å². The number of rotatable bonds is 7. The van der Waals surface area contributed by atoms with Gasteiger partial charge in [-0.05, 0) is 53.6 Å². The summed E-state index contributed by atoms with van der Waals surface area (Å²) in [6.45, 7) is 9.82. The largest absolute Gasteiger partial charge is 0.324 e. The first-order valence-electron chi connectivity index (χ1n) is 6.48. The Hall–Kier alpha value is -0.0300. The summed E-state index contributed by atoms with van der Waals surface area (Å²) in [7, 11) is 0. The Kier molecular flexibility index (Phi) is 7.30. The van der Waals surface area contributed by atoms with Crippen molar-refractivity contribution in [1.29, 1.82) is 0 Å². The lowest BCUT2D eigenvalue weighted by Crippen LogP contribution is -2.25. The van der Waals surface area contributed by atoms with Crippen LogP contribution in [0.4, 0.5) is 0 Å². The molecule has 0 heterocycles. The second-order valence-corrected chi connectivity index (χ2v) is 6.34. The Labute approximate surface area is 123 Å². The number of nitrogens with zero attached hydrogens (tertiary/aromatic N) is 1.